The van der Waals surface area contributed by atoms with E-state index in [0.717, 1.165) is 25.7 Å². The van der Waals surface area contributed by atoms with Crippen molar-refractivity contribution in [1.29, 1.82) is 0 Å². The summed E-state index contributed by atoms with van der Waals surface area (Å²) in [6.07, 6.45) is 4.93. The molecule has 1 atom stereocenters. The second kappa shape index (κ2) is 3.66. The van der Waals surface area contributed by atoms with Gasteiger partial charge in [0.05, 0.1) is 0 Å². The van der Waals surface area contributed by atoms with Gasteiger partial charge in [-0.2, -0.15) is 0 Å². The van der Waals surface area contributed by atoms with E-state index < -0.39 is 8.67 Å². The van der Waals surface area contributed by atoms with E-state index in [4.69, 9.17) is 46.4 Å². The lowest BCUT2D eigenvalue weighted by Gasteiger charge is -2.53. The number of alkyl halides is 4. The summed E-state index contributed by atoms with van der Waals surface area (Å²) < 4.78 is -1.44. The third-order valence-corrected chi connectivity index (χ3v) is 4.93. The summed E-state index contributed by atoms with van der Waals surface area (Å²) >= 11 is 23.7. The van der Waals surface area contributed by atoms with E-state index in [-0.39, 0.29) is 17.6 Å². The lowest BCUT2D eigenvalue weighted by molar-refractivity contribution is -0.139. The zero-order chi connectivity index (χ0) is 11.3. The molecule has 2 saturated carbocycles. The van der Waals surface area contributed by atoms with Crippen LogP contribution in [0.25, 0.3) is 0 Å². The third kappa shape index (κ3) is 1.90. The van der Waals surface area contributed by atoms with Gasteiger partial charge in [-0.25, -0.2) is 0 Å². The number of Topliss-reactive ketones (excluding diaryl/α,β-unsaturated/α-hetero) is 1. The molecule has 0 bridgehead atoms. The highest BCUT2D eigenvalue weighted by atomic mass is 35.6. The largest absolute Gasteiger partial charge is 0.298 e. The van der Waals surface area contributed by atoms with Gasteiger partial charge in [0.15, 0.2) is 9.58 Å². The van der Waals surface area contributed by atoms with Gasteiger partial charge in [-0.3, -0.25) is 4.79 Å². The molecule has 0 amide bonds. The SMILES string of the molecule is O=C1CC2(CCCC2)C1(Cl)CC(Cl)(Cl)Cl. The molecule has 0 heterocycles. The van der Waals surface area contributed by atoms with Crippen LogP contribution in [0.4, 0.5) is 0 Å². The normalized spacial score (nSPS) is 34.5. The maximum absolute atomic E-state index is 11.7. The minimum Gasteiger partial charge on any atom is -0.298 e. The number of carbonyl (C=O) groups excluding carboxylic acids is 1. The van der Waals surface area contributed by atoms with Crippen LogP contribution in [-0.2, 0) is 4.79 Å². The van der Waals surface area contributed by atoms with E-state index in [1.807, 2.05) is 0 Å². The van der Waals surface area contributed by atoms with Gasteiger partial charge in [-0.05, 0) is 12.8 Å². The summed E-state index contributed by atoms with van der Waals surface area (Å²) in [6, 6.07) is 0. The first-order valence-electron chi connectivity index (χ1n) is 5.08. The van der Waals surface area contributed by atoms with Crippen LogP contribution in [0.5, 0.6) is 0 Å². The summed E-state index contributed by atoms with van der Waals surface area (Å²) in [5.41, 5.74) is -0.0877. The highest BCUT2D eigenvalue weighted by molar-refractivity contribution is 6.68. The van der Waals surface area contributed by atoms with Gasteiger partial charge in [0, 0.05) is 18.3 Å². The molecular weight excluding hydrogens is 278 g/mol. The molecule has 2 fully saturated rings. The van der Waals surface area contributed by atoms with Crippen molar-refractivity contribution < 1.29 is 4.79 Å². The second-order valence-corrected chi connectivity index (χ2v) is 7.84. The van der Waals surface area contributed by atoms with Gasteiger partial charge in [0.25, 0.3) is 0 Å². The molecule has 0 saturated heterocycles. The molecule has 15 heavy (non-hydrogen) atoms. The Bertz CT molecular complexity index is 290. The fourth-order valence-corrected chi connectivity index (χ4v) is 4.29. The Hall–Kier alpha value is 0.830. The fraction of sp³-hybridized carbons (Fsp3) is 0.900. The molecule has 0 aliphatic heterocycles. The summed E-state index contributed by atoms with van der Waals surface area (Å²) in [5.74, 6) is 0.0393. The molecular formula is C10H12Cl4O. The Morgan fingerprint density at radius 2 is 1.73 bits per heavy atom. The van der Waals surface area contributed by atoms with Crippen molar-refractivity contribution in [3.8, 4) is 0 Å². The summed E-state index contributed by atoms with van der Waals surface area (Å²) in [6.45, 7) is 0. The Labute approximate surface area is 109 Å². The van der Waals surface area contributed by atoms with Gasteiger partial charge in [-0.1, -0.05) is 47.6 Å². The molecule has 0 aromatic carbocycles. The lowest BCUT2D eigenvalue weighted by atomic mass is 9.56. The number of halogens is 4. The molecule has 0 aromatic rings. The Balaban J connectivity index is 2.20. The molecule has 0 N–H and O–H groups in total. The Kier molecular flexibility index (Phi) is 3.00. The zero-order valence-corrected chi connectivity index (χ0v) is 11.2. The highest BCUT2D eigenvalue weighted by Gasteiger charge is 2.66. The van der Waals surface area contributed by atoms with Crippen molar-refractivity contribution in [3.63, 3.8) is 0 Å². The van der Waals surface area contributed by atoms with Crippen LogP contribution in [-0.4, -0.2) is 14.4 Å². The van der Waals surface area contributed by atoms with Crippen molar-refractivity contribution in [2.24, 2.45) is 5.41 Å². The maximum Gasteiger partial charge on any atom is 0.192 e. The zero-order valence-electron chi connectivity index (χ0n) is 8.16. The van der Waals surface area contributed by atoms with E-state index in [1.165, 1.54) is 0 Å². The molecule has 2 rings (SSSR count). The predicted molar refractivity (Wildman–Crippen MR) is 64.0 cm³/mol. The van der Waals surface area contributed by atoms with Crippen molar-refractivity contribution >= 4 is 52.2 Å². The second-order valence-electron chi connectivity index (χ2n) is 4.68. The van der Waals surface area contributed by atoms with Crippen molar-refractivity contribution in [2.45, 2.75) is 47.2 Å². The van der Waals surface area contributed by atoms with Crippen LogP contribution in [0.3, 0.4) is 0 Å². The highest BCUT2D eigenvalue weighted by Crippen LogP contribution is 2.64. The van der Waals surface area contributed by atoms with Crippen molar-refractivity contribution in [3.05, 3.63) is 0 Å². The molecule has 2 aliphatic carbocycles. The van der Waals surface area contributed by atoms with Crippen LogP contribution >= 0.6 is 46.4 Å². The average molecular weight is 290 g/mol. The first-order valence-corrected chi connectivity index (χ1v) is 6.59. The van der Waals surface area contributed by atoms with E-state index in [2.05, 4.69) is 0 Å². The minimum absolute atomic E-state index is 0.0393. The van der Waals surface area contributed by atoms with E-state index in [9.17, 15) is 4.79 Å². The molecule has 5 heteroatoms. The number of hydrogen-bond acceptors (Lipinski definition) is 1. The molecule has 1 unspecified atom stereocenters. The van der Waals surface area contributed by atoms with Crippen molar-refractivity contribution in [1.82, 2.24) is 0 Å². The first kappa shape index (κ1) is 12.3. The van der Waals surface area contributed by atoms with Gasteiger partial charge in [-0.15, -0.1) is 11.6 Å². The van der Waals surface area contributed by atoms with Crippen LogP contribution in [0.15, 0.2) is 0 Å². The Morgan fingerprint density at radius 3 is 2.13 bits per heavy atom. The standard InChI is InChI=1S/C10H12Cl4O/c11-9(6-10(12,13)14)7(15)5-8(9)3-1-2-4-8/h1-6H2. The topological polar surface area (TPSA) is 17.1 Å². The average Bonchev–Trinajstić information content (AvgIpc) is 2.52. The number of rotatable bonds is 1. The number of carbonyl (C=O) groups is 1. The molecule has 2 aliphatic rings. The predicted octanol–water partition coefficient (Wildman–Crippen LogP) is 4.26. The van der Waals surface area contributed by atoms with Crippen LogP contribution < -0.4 is 0 Å². The van der Waals surface area contributed by atoms with E-state index in [0.29, 0.717) is 6.42 Å². The summed E-state index contributed by atoms with van der Waals surface area (Å²) in [4.78, 5) is 10.8. The molecule has 0 radical (unpaired) electrons. The van der Waals surface area contributed by atoms with Gasteiger partial charge in [0.2, 0.25) is 0 Å². The van der Waals surface area contributed by atoms with Gasteiger partial charge >= 0.3 is 0 Å². The molecule has 86 valence electrons. The monoisotopic (exact) mass is 288 g/mol. The number of ketones is 1. The van der Waals surface area contributed by atoms with Gasteiger partial charge in [0.1, 0.15) is 4.87 Å². The van der Waals surface area contributed by atoms with Crippen LogP contribution in [0.2, 0.25) is 0 Å². The van der Waals surface area contributed by atoms with Crippen LogP contribution in [0, 0.1) is 5.41 Å². The van der Waals surface area contributed by atoms with Gasteiger partial charge < -0.3 is 0 Å². The molecule has 1 spiro atoms. The first-order chi connectivity index (χ1) is 6.79. The van der Waals surface area contributed by atoms with E-state index >= 15 is 0 Å². The smallest absolute Gasteiger partial charge is 0.192 e. The maximum atomic E-state index is 11.7. The lowest BCUT2D eigenvalue weighted by Crippen LogP contribution is -2.61. The van der Waals surface area contributed by atoms with Crippen molar-refractivity contribution in [2.75, 3.05) is 0 Å². The third-order valence-electron chi connectivity index (χ3n) is 3.79. The fourth-order valence-electron chi connectivity index (χ4n) is 2.96. The summed E-state index contributed by atoms with van der Waals surface area (Å²) in [7, 11) is 0. The number of hydrogen-bond donors (Lipinski definition) is 0. The quantitative estimate of drug-likeness (QED) is 0.659. The molecule has 1 nitrogen and oxygen atoms in total. The summed E-state index contributed by atoms with van der Waals surface area (Å²) in [5, 5.41) is 0. The van der Waals surface area contributed by atoms with Crippen LogP contribution in [0.1, 0.15) is 38.5 Å². The van der Waals surface area contributed by atoms with E-state index in [1.54, 1.807) is 0 Å². The Morgan fingerprint density at radius 1 is 1.20 bits per heavy atom. The molecule has 0 aromatic heterocycles. The minimum atomic E-state index is -1.44.